The van der Waals surface area contributed by atoms with E-state index in [1.807, 2.05) is 43.3 Å². The summed E-state index contributed by atoms with van der Waals surface area (Å²) in [4.78, 5) is 11.5. The van der Waals surface area contributed by atoms with Crippen LogP contribution in [0.3, 0.4) is 0 Å². The van der Waals surface area contributed by atoms with E-state index in [0.29, 0.717) is 6.54 Å². The molecule has 1 amide bonds. The molecule has 98 valence electrons. The van der Waals surface area contributed by atoms with Crippen LogP contribution in [0.15, 0.2) is 34.7 Å². The first kappa shape index (κ1) is 13.0. The molecule has 0 aliphatic rings. The molecule has 0 saturated carbocycles. The third-order valence-corrected chi connectivity index (χ3v) is 2.23. The summed E-state index contributed by atoms with van der Waals surface area (Å²) in [6.45, 7) is 2.47. The molecule has 0 fully saturated rings. The number of carbonyl (C=O) groups excluding carboxylic acids is 1. The second-order valence-corrected chi connectivity index (χ2v) is 3.67. The number of nitrogens with one attached hydrogen (secondary N) is 2. The van der Waals surface area contributed by atoms with Crippen LogP contribution in [0, 0.1) is 0 Å². The van der Waals surface area contributed by atoms with E-state index in [1.54, 1.807) is 6.08 Å². The van der Waals surface area contributed by atoms with Crippen molar-refractivity contribution < 1.29 is 9.21 Å². The van der Waals surface area contributed by atoms with Gasteiger partial charge in [-0.1, -0.05) is 37.3 Å². The van der Waals surface area contributed by atoms with E-state index >= 15 is 0 Å². The fourth-order valence-electron chi connectivity index (χ4n) is 1.35. The fraction of sp³-hybridized carbons (Fsp3) is 0.154. The molecule has 1 aromatic carbocycles. The molecular weight excluding hydrogens is 244 g/mol. The summed E-state index contributed by atoms with van der Waals surface area (Å²) in [6, 6.07) is 9.70. The Bertz CT molecular complexity index is 563. The van der Waals surface area contributed by atoms with Crippen LogP contribution in [0.5, 0.6) is 0 Å². The van der Waals surface area contributed by atoms with E-state index in [1.165, 1.54) is 0 Å². The smallest absolute Gasteiger partial charge is 0.322 e. The number of nitrogens with zero attached hydrogens (tertiary/aromatic N) is 2. The predicted molar refractivity (Wildman–Crippen MR) is 70.8 cm³/mol. The average molecular weight is 258 g/mol. The summed E-state index contributed by atoms with van der Waals surface area (Å²) >= 11 is 0. The van der Waals surface area contributed by atoms with Gasteiger partial charge in [-0.2, -0.15) is 0 Å². The molecule has 0 spiro atoms. The number of carbonyl (C=O) groups is 1. The van der Waals surface area contributed by atoms with Crippen LogP contribution in [0.2, 0.25) is 0 Å². The van der Waals surface area contributed by atoms with E-state index in [-0.39, 0.29) is 11.8 Å². The number of aromatic nitrogens is 2. The lowest BCUT2D eigenvalue weighted by Gasteiger charge is -1.99. The van der Waals surface area contributed by atoms with Gasteiger partial charge in [-0.15, -0.1) is 10.2 Å². The van der Waals surface area contributed by atoms with Gasteiger partial charge in [0.05, 0.1) is 0 Å². The second-order valence-electron chi connectivity index (χ2n) is 3.67. The highest BCUT2D eigenvalue weighted by atomic mass is 16.4. The summed E-state index contributed by atoms with van der Waals surface area (Å²) in [5.41, 5.74) is 6.11. The summed E-state index contributed by atoms with van der Waals surface area (Å²) < 4.78 is 5.20. The van der Waals surface area contributed by atoms with Crippen LogP contribution in [0.25, 0.3) is 12.2 Å². The highest BCUT2D eigenvalue weighted by molar-refractivity contribution is 5.89. The standard InChI is InChI=1S/C13H14N4O2/c1-2-14-16-12(18)13-17-15-11(19-13)9-8-10-6-4-3-5-7-10/h3-9,14H,2H2,1H3,(H,16,18). The Kier molecular flexibility index (Phi) is 4.41. The van der Waals surface area contributed by atoms with Crippen LogP contribution < -0.4 is 10.9 Å². The highest BCUT2D eigenvalue weighted by Crippen LogP contribution is 2.07. The second kappa shape index (κ2) is 6.46. The molecule has 2 N–H and O–H groups in total. The Labute approximate surface area is 110 Å². The first-order chi connectivity index (χ1) is 9.29. The molecule has 0 aliphatic heterocycles. The minimum Gasteiger partial charge on any atom is -0.413 e. The topological polar surface area (TPSA) is 80.0 Å². The summed E-state index contributed by atoms with van der Waals surface area (Å²) in [5, 5.41) is 7.43. The third kappa shape index (κ3) is 3.75. The van der Waals surface area contributed by atoms with Crippen molar-refractivity contribution in [2.45, 2.75) is 6.92 Å². The molecule has 6 nitrogen and oxygen atoms in total. The third-order valence-electron chi connectivity index (χ3n) is 2.23. The van der Waals surface area contributed by atoms with Gasteiger partial charge in [-0.05, 0) is 11.6 Å². The maximum atomic E-state index is 11.5. The Morgan fingerprint density at radius 1 is 1.26 bits per heavy atom. The lowest BCUT2D eigenvalue weighted by atomic mass is 10.2. The molecule has 1 aromatic heterocycles. The molecule has 0 atom stereocenters. The molecule has 0 unspecified atom stereocenters. The lowest BCUT2D eigenvalue weighted by molar-refractivity contribution is 0.0898. The maximum absolute atomic E-state index is 11.5. The number of hydrogen-bond acceptors (Lipinski definition) is 5. The van der Waals surface area contributed by atoms with Crippen LogP contribution in [0.4, 0.5) is 0 Å². The van der Waals surface area contributed by atoms with E-state index in [0.717, 1.165) is 5.56 Å². The van der Waals surface area contributed by atoms with Crippen molar-refractivity contribution in [3.8, 4) is 0 Å². The minimum absolute atomic E-state index is 0.0753. The fourth-order valence-corrected chi connectivity index (χ4v) is 1.35. The molecule has 2 rings (SSSR count). The first-order valence-corrected chi connectivity index (χ1v) is 5.89. The zero-order valence-electron chi connectivity index (χ0n) is 10.5. The van der Waals surface area contributed by atoms with Crippen molar-refractivity contribution in [1.29, 1.82) is 0 Å². The Morgan fingerprint density at radius 2 is 2.05 bits per heavy atom. The Balaban J connectivity index is 2.01. The largest absolute Gasteiger partial charge is 0.413 e. The quantitative estimate of drug-likeness (QED) is 0.794. The number of benzene rings is 1. The lowest BCUT2D eigenvalue weighted by Crippen LogP contribution is -2.37. The van der Waals surface area contributed by atoms with Gasteiger partial charge in [0, 0.05) is 12.6 Å². The highest BCUT2D eigenvalue weighted by Gasteiger charge is 2.12. The molecule has 0 bridgehead atoms. The van der Waals surface area contributed by atoms with Gasteiger partial charge >= 0.3 is 11.8 Å². The Hall–Kier alpha value is -2.47. The number of amides is 1. The summed E-state index contributed by atoms with van der Waals surface area (Å²) in [7, 11) is 0. The molecule has 0 saturated heterocycles. The summed E-state index contributed by atoms with van der Waals surface area (Å²) in [6.07, 6.45) is 3.49. The van der Waals surface area contributed by atoms with E-state index in [9.17, 15) is 4.79 Å². The Morgan fingerprint density at radius 3 is 2.79 bits per heavy atom. The first-order valence-electron chi connectivity index (χ1n) is 5.89. The van der Waals surface area contributed by atoms with Crippen molar-refractivity contribution in [3.63, 3.8) is 0 Å². The van der Waals surface area contributed by atoms with Crippen molar-refractivity contribution in [1.82, 2.24) is 21.0 Å². The normalized spacial score (nSPS) is 10.8. The number of hydrogen-bond donors (Lipinski definition) is 2. The SMILES string of the molecule is CCNNC(=O)c1nnc(C=Cc2ccccc2)o1. The van der Waals surface area contributed by atoms with Gasteiger partial charge in [0.15, 0.2) is 0 Å². The molecule has 2 aromatic rings. The van der Waals surface area contributed by atoms with Crippen LogP contribution in [0.1, 0.15) is 29.1 Å². The van der Waals surface area contributed by atoms with Crippen LogP contribution >= 0.6 is 0 Å². The van der Waals surface area contributed by atoms with Crippen molar-refractivity contribution in [2.75, 3.05) is 6.54 Å². The van der Waals surface area contributed by atoms with Gasteiger partial charge in [0.2, 0.25) is 5.89 Å². The van der Waals surface area contributed by atoms with Gasteiger partial charge in [-0.3, -0.25) is 10.2 Å². The van der Waals surface area contributed by atoms with Crippen LogP contribution in [-0.4, -0.2) is 22.6 Å². The predicted octanol–water partition coefficient (Wildman–Crippen LogP) is 1.49. The van der Waals surface area contributed by atoms with Gasteiger partial charge in [0.25, 0.3) is 0 Å². The zero-order chi connectivity index (χ0) is 13.5. The van der Waals surface area contributed by atoms with Gasteiger partial charge in [0.1, 0.15) is 0 Å². The van der Waals surface area contributed by atoms with Crippen LogP contribution in [-0.2, 0) is 0 Å². The molecule has 0 radical (unpaired) electrons. The minimum atomic E-state index is -0.450. The average Bonchev–Trinajstić information content (AvgIpc) is 2.92. The van der Waals surface area contributed by atoms with Crippen molar-refractivity contribution in [2.24, 2.45) is 0 Å². The molecular formula is C13H14N4O2. The van der Waals surface area contributed by atoms with Gasteiger partial charge < -0.3 is 4.42 Å². The van der Waals surface area contributed by atoms with E-state index in [2.05, 4.69) is 21.0 Å². The van der Waals surface area contributed by atoms with Crippen molar-refractivity contribution >= 4 is 18.1 Å². The van der Waals surface area contributed by atoms with Crippen molar-refractivity contribution in [3.05, 3.63) is 47.7 Å². The number of hydrazine groups is 1. The monoisotopic (exact) mass is 258 g/mol. The molecule has 0 aliphatic carbocycles. The zero-order valence-corrected chi connectivity index (χ0v) is 10.5. The number of rotatable bonds is 5. The molecule has 1 heterocycles. The summed E-state index contributed by atoms with van der Waals surface area (Å²) in [5.74, 6) is -0.243. The van der Waals surface area contributed by atoms with Gasteiger partial charge in [-0.25, -0.2) is 5.43 Å². The molecule has 19 heavy (non-hydrogen) atoms. The molecule has 6 heteroatoms. The van der Waals surface area contributed by atoms with E-state index < -0.39 is 5.91 Å². The maximum Gasteiger partial charge on any atom is 0.322 e. The van der Waals surface area contributed by atoms with E-state index in [4.69, 9.17) is 4.42 Å².